The number of hydrogen-bond donors (Lipinski definition) is 2. The van der Waals surface area contributed by atoms with E-state index in [1.165, 1.54) is 12.1 Å². The number of benzene rings is 2. The Morgan fingerprint density at radius 1 is 1.24 bits per heavy atom. The molecule has 1 aromatic heterocycles. The SMILES string of the molecule is Cc1cc(-c2nc3cc(F)ccc3n2C)ccc1NC(=O)C1CC12CCNCC2. The molecule has 5 rings (SSSR count). The lowest BCUT2D eigenvalue weighted by Gasteiger charge is -2.23. The van der Waals surface area contributed by atoms with Crippen molar-refractivity contribution in [2.75, 3.05) is 18.4 Å². The lowest BCUT2D eigenvalue weighted by molar-refractivity contribution is -0.118. The van der Waals surface area contributed by atoms with Crippen LogP contribution in [0, 0.1) is 24.1 Å². The molecule has 0 radical (unpaired) electrons. The van der Waals surface area contributed by atoms with Gasteiger partial charge in [-0.3, -0.25) is 4.79 Å². The normalized spacial score (nSPS) is 20.2. The van der Waals surface area contributed by atoms with Gasteiger partial charge in [-0.2, -0.15) is 0 Å². The predicted molar refractivity (Wildman–Crippen MR) is 112 cm³/mol. The third-order valence-electron chi connectivity index (χ3n) is 6.69. The summed E-state index contributed by atoms with van der Waals surface area (Å²) in [7, 11) is 1.93. The summed E-state index contributed by atoms with van der Waals surface area (Å²) in [6.45, 7) is 4.02. The molecule has 2 aliphatic rings. The number of piperidine rings is 1. The first kappa shape index (κ1) is 18.3. The maximum Gasteiger partial charge on any atom is 0.228 e. The van der Waals surface area contributed by atoms with Crippen LogP contribution in [0.4, 0.5) is 10.1 Å². The second kappa shape index (κ2) is 6.66. The Bertz CT molecular complexity index is 1110. The summed E-state index contributed by atoms with van der Waals surface area (Å²) in [5.74, 6) is 0.768. The van der Waals surface area contributed by atoms with Crippen LogP contribution in [-0.4, -0.2) is 28.5 Å². The fourth-order valence-corrected chi connectivity index (χ4v) is 4.79. The topological polar surface area (TPSA) is 59.0 Å². The van der Waals surface area contributed by atoms with Crippen LogP contribution < -0.4 is 10.6 Å². The Labute approximate surface area is 169 Å². The van der Waals surface area contributed by atoms with Gasteiger partial charge >= 0.3 is 0 Å². The second-order valence-electron chi connectivity index (χ2n) is 8.52. The molecular weight excluding hydrogens is 367 g/mol. The maximum absolute atomic E-state index is 13.5. The molecule has 1 atom stereocenters. The van der Waals surface area contributed by atoms with E-state index in [0.717, 1.165) is 60.5 Å². The highest BCUT2D eigenvalue weighted by atomic mass is 19.1. The fourth-order valence-electron chi connectivity index (χ4n) is 4.79. The molecule has 2 aromatic carbocycles. The minimum atomic E-state index is -0.289. The van der Waals surface area contributed by atoms with Gasteiger partial charge < -0.3 is 15.2 Å². The van der Waals surface area contributed by atoms with Crippen LogP contribution in [-0.2, 0) is 11.8 Å². The Morgan fingerprint density at radius 2 is 2.03 bits per heavy atom. The van der Waals surface area contributed by atoms with Gasteiger partial charge in [-0.1, -0.05) is 0 Å². The van der Waals surface area contributed by atoms with Gasteiger partial charge in [0.25, 0.3) is 0 Å². The van der Waals surface area contributed by atoms with Crippen molar-refractivity contribution in [1.82, 2.24) is 14.9 Å². The van der Waals surface area contributed by atoms with Gasteiger partial charge in [0.2, 0.25) is 5.91 Å². The van der Waals surface area contributed by atoms with E-state index < -0.39 is 0 Å². The molecule has 2 fully saturated rings. The Morgan fingerprint density at radius 3 is 2.79 bits per heavy atom. The van der Waals surface area contributed by atoms with Crippen LogP contribution >= 0.6 is 0 Å². The summed E-state index contributed by atoms with van der Waals surface area (Å²) in [6, 6.07) is 10.6. The Hall–Kier alpha value is -2.73. The number of hydrogen-bond acceptors (Lipinski definition) is 3. The van der Waals surface area contributed by atoms with Crippen LogP contribution in [0.5, 0.6) is 0 Å². The van der Waals surface area contributed by atoms with E-state index in [0.29, 0.717) is 5.52 Å². The molecule has 0 bridgehead atoms. The molecule has 1 aliphatic heterocycles. The zero-order valence-corrected chi connectivity index (χ0v) is 16.8. The van der Waals surface area contributed by atoms with Crippen LogP contribution in [0.3, 0.4) is 0 Å². The molecule has 5 nitrogen and oxygen atoms in total. The molecule has 2 heterocycles. The molecule has 1 unspecified atom stereocenters. The summed E-state index contributed by atoms with van der Waals surface area (Å²) in [4.78, 5) is 17.4. The van der Waals surface area contributed by atoms with E-state index in [9.17, 15) is 9.18 Å². The smallest absolute Gasteiger partial charge is 0.228 e. The van der Waals surface area contributed by atoms with Gasteiger partial charge in [0.15, 0.2) is 0 Å². The summed E-state index contributed by atoms with van der Waals surface area (Å²) < 4.78 is 15.5. The van der Waals surface area contributed by atoms with E-state index >= 15 is 0 Å². The van der Waals surface area contributed by atoms with Crippen molar-refractivity contribution in [2.24, 2.45) is 18.4 Å². The van der Waals surface area contributed by atoms with Crippen molar-refractivity contribution in [3.05, 3.63) is 47.8 Å². The van der Waals surface area contributed by atoms with Gasteiger partial charge in [0.05, 0.1) is 11.0 Å². The maximum atomic E-state index is 13.5. The van der Waals surface area contributed by atoms with Crippen molar-refractivity contribution < 1.29 is 9.18 Å². The van der Waals surface area contributed by atoms with E-state index in [-0.39, 0.29) is 23.1 Å². The number of fused-ring (bicyclic) bond motifs is 1. The van der Waals surface area contributed by atoms with Gasteiger partial charge in [-0.05, 0) is 80.6 Å². The highest BCUT2D eigenvalue weighted by Crippen LogP contribution is 2.58. The van der Waals surface area contributed by atoms with Gasteiger partial charge in [-0.15, -0.1) is 0 Å². The Kier molecular flexibility index (Phi) is 4.21. The zero-order valence-electron chi connectivity index (χ0n) is 16.8. The molecular formula is C23H25FN4O. The van der Waals surface area contributed by atoms with E-state index in [2.05, 4.69) is 15.6 Å². The first-order chi connectivity index (χ1) is 14.0. The summed E-state index contributed by atoms with van der Waals surface area (Å²) >= 11 is 0. The van der Waals surface area contributed by atoms with Crippen molar-refractivity contribution >= 4 is 22.6 Å². The number of nitrogens with one attached hydrogen (secondary N) is 2. The van der Waals surface area contributed by atoms with Crippen LogP contribution in [0.2, 0.25) is 0 Å². The van der Waals surface area contributed by atoms with Crippen LogP contribution in [0.25, 0.3) is 22.4 Å². The van der Waals surface area contributed by atoms with Gasteiger partial charge in [-0.25, -0.2) is 9.37 Å². The van der Waals surface area contributed by atoms with E-state index in [1.54, 1.807) is 6.07 Å². The number of aryl methyl sites for hydroxylation is 2. The summed E-state index contributed by atoms with van der Waals surface area (Å²) in [5.41, 5.74) is 4.54. The van der Waals surface area contributed by atoms with Gasteiger partial charge in [0, 0.05) is 30.3 Å². The third kappa shape index (κ3) is 3.12. The average Bonchev–Trinajstić information content (AvgIpc) is 3.30. The molecule has 2 N–H and O–H groups in total. The molecule has 1 spiro atoms. The number of rotatable bonds is 3. The first-order valence-corrected chi connectivity index (χ1v) is 10.2. The van der Waals surface area contributed by atoms with Gasteiger partial charge in [0.1, 0.15) is 11.6 Å². The molecule has 1 amide bonds. The highest BCUT2D eigenvalue weighted by Gasteiger charge is 2.57. The summed E-state index contributed by atoms with van der Waals surface area (Å²) in [6.07, 6.45) is 3.20. The van der Waals surface area contributed by atoms with Crippen molar-refractivity contribution in [3.8, 4) is 11.4 Å². The number of carbonyl (C=O) groups is 1. The monoisotopic (exact) mass is 392 g/mol. The first-order valence-electron chi connectivity index (χ1n) is 10.2. The van der Waals surface area contributed by atoms with Crippen molar-refractivity contribution in [3.63, 3.8) is 0 Å². The summed E-state index contributed by atoms with van der Waals surface area (Å²) in [5, 5.41) is 6.51. The molecule has 29 heavy (non-hydrogen) atoms. The van der Waals surface area contributed by atoms with Crippen molar-refractivity contribution in [1.29, 1.82) is 0 Å². The van der Waals surface area contributed by atoms with Crippen molar-refractivity contribution in [2.45, 2.75) is 26.2 Å². The molecule has 1 saturated carbocycles. The quantitative estimate of drug-likeness (QED) is 0.708. The second-order valence-corrected chi connectivity index (χ2v) is 8.52. The standard InChI is InChI=1S/C23H25FN4O/c1-14-11-15(21-26-19-12-16(24)4-6-20(19)28(21)2)3-5-18(14)27-22(29)17-13-23(17)7-9-25-10-8-23/h3-6,11-12,17,25H,7-10,13H2,1-2H3,(H,27,29). The number of carbonyl (C=O) groups excluding carboxylic acids is 1. The minimum Gasteiger partial charge on any atom is -0.327 e. The Balaban J connectivity index is 1.37. The molecule has 3 aromatic rings. The lowest BCUT2D eigenvalue weighted by atomic mass is 9.91. The van der Waals surface area contributed by atoms with E-state index in [1.807, 2.05) is 36.7 Å². The third-order valence-corrected chi connectivity index (χ3v) is 6.69. The predicted octanol–water partition coefficient (Wildman–Crippen LogP) is 4.02. The average molecular weight is 392 g/mol. The minimum absolute atomic E-state index is 0.137. The largest absolute Gasteiger partial charge is 0.327 e. The zero-order chi connectivity index (χ0) is 20.2. The number of aromatic nitrogens is 2. The highest BCUT2D eigenvalue weighted by molar-refractivity contribution is 5.96. The van der Waals surface area contributed by atoms with Crippen LogP contribution in [0.1, 0.15) is 24.8 Å². The molecule has 150 valence electrons. The fraction of sp³-hybridized carbons (Fsp3) is 0.391. The number of halogens is 1. The number of imidazole rings is 1. The lowest BCUT2D eigenvalue weighted by Crippen LogP contribution is -2.31. The number of anilines is 1. The number of nitrogens with zero attached hydrogens (tertiary/aromatic N) is 2. The van der Waals surface area contributed by atoms with Crippen LogP contribution in [0.15, 0.2) is 36.4 Å². The molecule has 1 saturated heterocycles. The van der Waals surface area contributed by atoms with E-state index in [4.69, 9.17) is 0 Å². The molecule has 1 aliphatic carbocycles. The molecule has 6 heteroatoms. The number of amides is 1.